The van der Waals surface area contributed by atoms with Gasteiger partial charge in [-0.15, -0.1) is 0 Å². The van der Waals surface area contributed by atoms with Gasteiger partial charge in [-0.3, -0.25) is 9.88 Å². The third kappa shape index (κ3) is 2.85. The van der Waals surface area contributed by atoms with E-state index in [0.717, 1.165) is 53.4 Å². The van der Waals surface area contributed by atoms with Crippen LogP contribution in [0.15, 0.2) is 48.5 Å². The molecule has 0 bridgehead atoms. The summed E-state index contributed by atoms with van der Waals surface area (Å²) < 4.78 is 5.31. The topological polar surface area (TPSA) is 25.4 Å². The Hall–Kier alpha value is -2.10. The molecule has 0 spiro atoms. The first-order chi connectivity index (χ1) is 11.7. The Labute approximate surface area is 146 Å². The molecule has 0 unspecified atom stereocenters. The van der Waals surface area contributed by atoms with Gasteiger partial charge >= 0.3 is 0 Å². The Balaban J connectivity index is 1.67. The maximum Gasteiger partial charge on any atom is 0.121 e. The van der Waals surface area contributed by atoms with Crippen molar-refractivity contribution in [3.63, 3.8) is 0 Å². The van der Waals surface area contributed by atoms with E-state index in [4.69, 9.17) is 21.3 Å². The lowest BCUT2D eigenvalue weighted by Crippen LogP contribution is -2.31. The van der Waals surface area contributed by atoms with E-state index >= 15 is 0 Å². The quantitative estimate of drug-likeness (QED) is 0.705. The second kappa shape index (κ2) is 6.42. The number of benzene rings is 2. The third-order valence-corrected chi connectivity index (χ3v) is 5.04. The van der Waals surface area contributed by atoms with E-state index in [0.29, 0.717) is 0 Å². The van der Waals surface area contributed by atoms with Gasteiger partial charge in [0.25, 0.3) is 0 Å². The number of ether oxygens (including phenoxy) is 1. The molecule has 0 amide bonds. The molecule has 0 N–H and O–H groups in total. The first kappa shape index (κ1) is 15.4. The number of pyridine rings is 1. The molecule has 4 rings (SSSR count). The molecule has 24 heavy (non-hydrogen) atoms. The highest BCUT2D eigenvalue weighted by Crippen LogP contribution is 2.33. The number of fused-ring (bicyclic) bond motifs is 2. The van der Waals surface area contributed by atoms with E-state index in [-0.39, 0.29) is 0 Å². The molecule has 0 fully saturated rings. The van der Waals surface area contributed by atoms with E-state index in [9.17, 15) is 0 Å². The number of aromatic nitrogens is 1. The first-order valence-corrected chi connectivity index (χ1v) is 8.53. The number of rotatable bonds is 3. The average molecular weight is 339 g/mol. The van der Waals surface area contributed by atoms with Gasteiger partial charge in [0.05, 0.1) is 23.3 Å². The lowest BCUT2D eigenvalue weighted by atomic mass is 10.0. The van der Waals surface area contributed by atoms with Crippen LogP contribution < -0.4 is 4.74 Å². The van der Waals surface area contributed by atoms with Gasteiger partial charge in [0.2, 0.25) is 0 Å². The molecule has 2 aromatic carbocycles. The van der Waals surface area contributed by atoms with Crippen molar-refractivity contribution in [2.45, 2.75) is 19.5 Å². The number of hydrogen-bond acceptors (Lipinski definition) is 3. The number of nitrogens with zero attached hydrogens (tertiary/aromatic N) is 2. The summed E-state index contributed by atoms with van der Waals surface area (Å²) in [5.41, 5.74) is 4.51. The van der Waals surface area contributed by atoms with Crippen molar-refractivity contribution in [3.05, 3.63) is 70.4 Å². The highest BCUT2D eigenvalue weighted by Gasteiger charge is 2.22. The van der Waals surface area contributed by atoms with Gasteiger partial charge in [-0.2, -0.15) is 0 Å². The minimum absolute atomic E-state index is 0.808. The van der Waals surface area contributed by atoms with Gasteiger partial charge in [0, 0.05) is 31.1 Å². The molecular weight excluding hydrogens is 320 g/mol. The largest absolute Gasteiger partial charge is 0.497 e. The van der Waals surface area contributed by atoms with Gasteiger partial charge in [-0.1, -0.05) is 41.9 Å². The summed E-state index contributed by atoms with van der Waals surface area (Å²) in [6, 6.07) is 16.5. The molecule has 0 aliphatic carbocycles. The summed E-state index contributed by atoms with van der Waals surface area (Å²) in [7, 11) is 1.67. The number of halogens is 1. The van der Waals surface area contributed by atoms with Gasteiger partial charge in [-0.25, -0.2) is 0 Å². The maximum atomic E-state index is 6.66. The summed E-state index contributed by atoms with van der Waals surface area (Å²) in [5, 5.41) is 1.85. The second-order valence-electron chi connectivity index (χ2n) is 6.18. The zero-order chi connectivity index (χ0) is 16.5. The molecule has 1 aromatic heterocycles. The molecule has 1 aliphatic rings. The summed E-state index contributed by atoms with van der Waals surface area (Å²) >= 11 is 6.66. The number of methoxy groups -OCH3 is 1. The van der Waals surface area contributed by atoms with Crippen LogP contribution in [0.1, 0.15) is 16.8 Å². The lowest BCUT2D eigenvalue weighted by molar-refractivity contribution is 0.242. The van der Waals surface area contributed by atoms with Crippen molar-refractivity contribution in [1.29, 1.82) is 0 Å². The van der Waals surface area contributed by atoms with E-state index in [1.54, 1.807) is 7.11 Å². The molecule has 2 heterocycles. The average Bonchev–Trinajstić information content (AvgIpc) is 2.62. The van der Waals surface area contributed by atoms with Crippen LogP contribution in [0.4, 0.5) is 0 Å². The maximum absolute atomic E-state index is 6.66. The molecule has 0 saturated heterocycles. The van der Waals surface area contributed by atoms with Gasteiger partial charge < -0.3 is 4.74 Å². The fourth-order valence-electron chi connectivity index (χ4n) is 3.34. The molecule has 0 saturated carbocycles. The fraction of sp³-hybridized carbons (Fsp3) is 0.250. The monoisotopic (exact) mass is 338 g/mol. The molecule has 0 radical (unpaired) electrons. The summed E-state index contributed by atoms with van der Waals surface area (Å²) in [5.74, 6) is 0.808. The zero-order valence-electron chi connectivity index (χ0n) is 13.6. The zero-order valence-corrected chi connectivity index (χ0v) is 14.4. The normalized spacial score (nSPS) is 14.6. The van der Waals surface area contributed by atoms with Crippen molar-refractivity contribution in [1.82, 2.24) is 9.88 Å². The van der Waals surface area contributed by atoms with Gasteiger partial charge in [0.15, 0.2) is 0 Å². The van der Waals surface area contributed by atoms with Crippen LogP contribution in [0.3, 0.4) is 0 Å². The van der Waals surface area contributed by atoms with Crippen molar-refractivity contribution in [2.75, 3.05) is 13.7 Å². The highest BCUT2D eigenvalue weighted by atomic mass is 35.5. The number of hydrogen-bond donors (Lipinski definition) is 0. The SMILES string of the molecule is COc1ccc2c(Cl)c3c(nc2c1)CN(Cc1ccccc1)CC3. The molecule has 0 atom stereocenters. The molecule has 3 aromatic rings. The predicted molar refractivity (Wildman–Crippen MR) is 97.6 cm³/mol. The van der Waals surface area contributed by atoms with Crippen LogP contribution in [-0.2, 0) is 19.5 Å². The Morgan fingerprint density at radius 1 is 1.17 bits per heavy atom. The summed E-state index contributed by atoms with van der Waals surface area (Å²) in [4.78, 5) is 7.29. The summed E-state index contributed by atoms with van der Waals surface area (Å²) in [6.45, 7) is 2.78. The fourth-order valence-corrected chi connectivity index (χ4v) is 3.70. The Kier molecular flexibility index (Phi) is 4.13. The van der Waals surface area contributed by atoms with Crippen LogP contribution >= 0.6 is 11.6 Å². The lowest BCUT2D eigenvalue weighted by Gasteiger charge is -2.29. The van der Waals surface area contributed by atoms with Gasteiger partial charge in [0.1, 0.15) is 5.75 Å². The minimum atomic E-state index is 0.808. The van der Waals surface area contributed by atoms with Crippen LogP contribution in [0.25, 0.3) is 10.9 Å². The Morgan fingerprint density at radius 3 is 2.79 bits per heavy atom. The minimum Gasteiger partial charge on any atom is -0.497 e. The van der Waals surface area contributed by atoms with Crippen LogP contribution in [0.2, 0.25) is 5.02 Å². The predicted octanol–water partition coefficient (Wildman–Crippen LogP) is 4.46. The van der Waals surface area contributed by atoms with E-state index in [1.165, 1.54) is 11.1 Å². The van der Waals surface area contributed by atoms with Crippen molar-refractivity contribution >= 4 is 22.5 Å². The van der Waals surface area contributed by atoms with Crippen molar-refractivity contribution in [3.8, 4) is 5.75 Å². The second-order valence-corrected chi connectivity index (χ2v) is 6.56. The molecule has 122 valence electrons. The van der Waals surface area contributed by atoms with Crippen molar-refractivity contribution < 1.29 is 4.74 Å². The van der Waals surface area contributed by atoms with E-state index in [1.807, 2.05) is 18.2 Å². The molecule has 1 aliphatic heterocycles. The molecule has 3 nitrogen and oxygen atoms in total. The standard InChI is InChI=1S/C20H19ClN2O/c1-24-15-7-8-16-18(11-15)22-19-13-23(10-9-17(19)20(16)21)12-14-5-3-2-4-6-14/h2-8,11H,9-10,12-13H2,1H3. The summed E-state index contributed by atoms with van der Waals surface area (Å²) in [6.07, 6.45) is 0.940. The van der Waals surface area contributed by atoms with E-state index < -0.39 is 0 Å². The Bertz CT molecular complexity index is 880. The molecule has 4 heteroatoms. The van der Waals surface area contributed by atoms with Crippen LogP contribution in [-0.4, -0.2) is 23.5 Å². The third-order valence-electron chi connectivity index (χ3n) is 4.61. The van der Waals surface area contributed by atoms with Crippen LogP contribution in [0.5, 0.6) is 5.75 Å². The highest BCUT2D eigenvalue weighted by molar-refractivity contribution is 6.36. The van der Waals surface area contributed by atoms with E-state index in [2.05, 4.69) is 35.2 Å². The van der Waals surface area contributed by atoms with Gasteiger partial charge in [-0.05, 0) is 29.7 Å². The van der Waals surface area contributed by atoms with Crippen molar-refractivity contribution in [2.24, 2.45) is 0 Å². The molecular formula is C20H19ClN2O. The first-order valence-electron chi connectivity index (χ1n) is 8.16. The van der Waals surface area contributed by atoms with Crippen LogP contribution in [0, 0.1) is 0 Å². The Morgan fingerprint density at radius 2 is 2.00 bits per heavy atom. The smallest absolute Gasteiger partial charge is 0.121 e.